The zero-order valence-corrected chi connectivity index (χ0v) is 16.9. The van der Waals surface area contributed by atoms with E-state index >= 15 is 0 Å². The standard InChI is InChI=1S/C22H17FN4O3S/c23-16-6-1-12(11-24)9-17(16)27-22(30)26-14-4-2-13(3-5-14)15-7-8-25-18-10-19(21(28)29)31-20(15)18/h1-10H,11,24H2,(H,28,29)(H2,26,27,30). The van der Waals surface area contributed by atoms with Gasteiger partial charge < -0.3 is 21.5 Å². The van der Waals surface area contributed by atoms with Gasteiger partial charge in [0.15, 0.2) is 0 Å². The van der Waals surface area contributed by atoms with Gasteiger partial charge in [-0.15, -0.1) is 11.3 Å². The van der Waals surface area contributed by atoms with Gasteiger partial charge in [-0.1, -0.05) is 18.2 Å². The Hall–Kier alpha value is -3.82. The van der Waals surface area contributed by atoms with Gasteiger partial charge in [0.05, 0.1) is 15.9 Å². The zero-order chi connectivity index (χ0) is 22.0. The van der Waals surface area contributed by atoms with Crippen molar-refractivity contribution in [1.29, 1.82) is 0 Å². The Morgan fingerprint density at radius 1 is 1.06 bits per heavy atom. The number of benzene rings is 2. The van der Waals surface area contributed by atoms with E-state index in [4.69, 9.17) is 5.73 Å². The van der Waals surface area contributed by atoms with Crippen molar-refractivity contribution in [3.8, 4) is 11.1 Å². The van der Waals surface area contributed by atoms with Crippen LogP contribution in [0.1, 0.15) is 15.2 Å². The quantitative estimate of drug-likeness (QED) is 0.355. The molecule has 0 atom stereocenters. The number of aromatic carboxylic acids is 1. The number of hydrogen-bond donors (Lipinski definition) is 4. The third kappa shape index (κ3) is 4.37. The number of rotatable bonds is 5. The van der Waals surface area contributed by atoms with Crippen molar-refractivity contribution in [2.75, 3.05) is 10.6 Å². The molecule has 0 radical (unpaired) electrons. The first kappa shape index (κ1) is 20.5. The third-order valence-corrected chi connectivity index (χ3v) is 5.74. The maximum atomic E-state index is 13.9. The summed E-state index contributed by atoms with van der Waals surface area (Å²) >= 11 is 1.16. The van der Waals surface area contributed by atoms with Gasteiger partial charge in [0.1, 0.15) is 10.7 Å². The predicted octanol–water partition coefficient (Wildman–Crippen LogP) is 4.90. The van der Waals surface area contributed by atoms with Crippen LogP contribution in [0, 0.1) is 5.82 Å². The Morgan fingerprint density at radius 2 is 1.84 bits per heavy atom. The molecule has 0 spiro atoms. The van der Waals surface area contributed by atoms with Crippen LogP contribution in [0.2, 0.25) is 0 Å². The SMILES string of the molecule is NCc1ccc(F)c(NC(=O)Nc2ccc(-c3ccnc4cc(C(=O)O)sc34)cc2)c1. The number of carbonyl (C=O) groups is 2. The van der Waals surface area contributed by atoms with Crippen LogP contribution >= 0.6 is 11.3 Å². The highest BCUT2D eigenvalue weighted by Gasteiger charge is 2.13. The number of carboxylic acid groups (broad SMARTS) is 1. The number of carboxylic acids is 1. The Balaban J connectivity index is 1.52. The lowest BCUT2D eigenvalue weighted by molar-refractivity contribution is 0.0702. The van der Waals surface area contributed by atoms with E-state index in [-0.39, 0.29) is 17.1 Å². The van der Waals surface area contributed by atoms with Crippen molar-refractivity contribution < 1.29 is 19.1 Å². The number of amides is 2. The van der Waals surface area contributed by atoms with Crippen molar-refractivity contribution in [3.05, 3.63) is 77.1 Å². The second-order valence-electron chi connectivity index (χ2n) is 6.66. The molecular weight excluding hydrogens is 419 g/mol. The molecule has 0 aliphatic carbocycles. The number of aromatic nitrogens is 1. The highest BCUT2D eigenvalue weighted by molar-refractivity contribution is 7.21. The number of halogens is 1. The molecule has 0 fully saturated rings. The maximum absolute atomic E-state index is 13.9. The number of nitrogens with zero attached hydrogens (tertiary/aromatic N) is 1. The molecule has 9 heteroatoms. The summed E-state index contributed by atoms with van der Waals surface area (Å²) in [6, 6.07) is 14.1. The highest BCUT2D eigenvalue weighted by atomic mass is 32.1. The predicted molar refractivity (Wildman–Crippen MR) is 119 cm³/mol. The normalized spacial score (nSPS) is 10.8. The summed E-state index contributed by atoms with van der Waals surface area (Å²) in [5.74, 6) is -1.55. The van der Waals surface area contributed by atoms with E-state index < -0.39 is 17.8 Å². The maximum Gasteiger partial charge on any atom is 0.345 e. The van der Waals surface area contributed by atoms with E-state index in [9.17, 15) is 19.1 Å². The highest BCUT2D eigenvalue weighted by Crippen LogP contribution is 2.34. The number of hydrogen-bond acceptors (Lipinski definition) is 5. The van der Waals surface area contributed by atoms with Gasteiger partial charge in [0.25, 0.3) is 0 Å². The first-order chi connectivity index (χ1) is 14.9. The largest absolute Gasteiger partial charge is 0.477 e. The van der Waals surface area contributed by atoms with E-state index in [1.54, 1.807) is 42.6 Å². The van der Waals surface area contributed by atoms with Crippen LogP contribution < -0.4 is 16.4 Å². The molecule has 31 heavy (non-hydrogen) atoms. The summed E-state index contributed by atoms with van der Waals surface area (Å²) in [4.78, 5) is 28.0. The molecule has 2 heterocycles. The van der Waals surface area contributed by atoms with Gasteiger partial charge in [-0.25, -0.2) is 14.0 Å². The van der Waals surface area contributed by atoms with Crippen LogP contribution in [0.25, 0.3) is 21.3 Å². The molecule has 0 saturated heterocycles. The van der Waals surface area contributed by atoms with Crippen molar-refractivity contribution in [1.82, 2.24) is 4.98 Å². The summed E-state index contributed by atoms with van der Waals surface area (Å²) in [6.45, 7) is 0.235. The molecule has 0 saturated carbocycles. The molecule has 4 rings (SSSR count). The lowest BCUT2D eigenvalue weighted by Gasteiger charge is -2.10. The topological polar surface area (TPSA) is 117 Å². The van der Waals surface area contributed by atoms with E-state index in [1.807, 2.05) is 6.07 Å². The Labute approximate surface area is 180 Å². The lowest BCUT2D eigenvalue weighted by atomic mass is 10.1. The van der Waals surface area contributed by atoms with Gasteiger partial charge >= 0.3 is 12.0 Å². The minimum absolute atomic E-state index is 0.0446. The van der Waals surface area contributed by atoms with Crippen LogP contribution in [0.3, 0.4) is 0 Å². The smallest absolute Gasteiger partial charge is 0.345 e. The van der Waals surface area contributed by atoms with Crippen LogP contribution in [0.5, 0.6) is 0 Å². The molecular formula is C22H17FN4O3S. The van der Waals surface area contributed by atoms with E-state index in [0.717, 1.165) is 27.2 Å². The van der Waals surface area contributed by atoms with E-state index in [1.165, 1.54) is 12.1 Å². The zero-order valence-electron chi connectivity index (χ0n) is 16.1. The van der Waals surface area contributed by atoms with Gasteiger partial charge in [-0.2, -0.15) is 0 Å². The van der Waals surface area contributed by atoms with Gasteiger partial charge in [-0.3, -0.25) is 4.98 Å². The number of nitrogens with one attached hydrogen (secondary N) is 2. The molecule has 7 nitrogen and oxygen atoms in total. The summed E-state index contributed by atoms with van der Waals surface area (Å²) < 4.78 is 14.7. The minimum atomic E-state index is -0.993. The molecule has 0 aliphatic rings. The first-order valence-corrected chi connectivity index (χ1v) is 10.0. The fourth-order valence-electron chi connectivity index (χ4n) is 3.08. The van der Waals surface area contributed by atoms with E-state index in [2.05, 4.69) is 15.6 Å². The Morgan fingerprint density at radius 3 is 2.55 bits per heavy atom. The number of fused-ring (bicyclic) bond motifs is 1. The fourth-order valence-corrected chi connectivity index (χ4v) is 4.07. The van der Waals surface area contributed by atoms with Crippen molar-refractivity contribution in [2.45, 2.75) is 6.54 Å². The molecule has 2 aromatic heterocycles. The average Bonchev–Trinajstić information content (AvgIpc) is 3.21. The summed E-state index contributed by atoms with van der Waals surface area (Å²) in [5.41, 5.74) is 9.12. The van der Waals surface area contributed by atoms with Crippen molar-refractivity contribution in [2.24, 2.45) is 5.73 Å². The van der Waals surface area contributed by atoms with Crippen LogP contribution in [0.15, 0.2) is 60.8 Å². The molecule has 156 valence electrons. The number of pyridine rings is 1. The molecule has 4 aromatic rings. The summed E-state index contributed by atoms with van der Waals surface area (Å²) in [6.07, 6.45) is 1.62. The number of thiophene rings is 1. The van der Waals surface area contributed by atoms with Gasteiger partial charge in [0, 0.05) is 24.0 Å². The number of urea groups is 1. The lowest BCUT2D eigenvalue weighted by Crippen LogP contribution is -2.20. The second kappa shape index (κ2) is 8.50. The molecule has 0 unspecified atom stereocenters. The molecule has 5 N–H and O–H groups in total. The van der Waals surface area contributed by atoms with Crippen LogP contribution in [-0.2, 0) is 6.54 Å². The van der Waals surface area contributed by atoms with Gasteiger partial charge in [0.2, 0.25) is 0 Å². The molecule has 2 aromatic carbocycles. The monoisotopic (exact) mass is 436 g/mol. The van der Waals surface area contributed by atoms with Gasteiger partial charge in [-0.05, 0) is 47.5 Å². The molecule has 2 amide bonds. The molecule has 0 aliphatic heterocycles. The average molecular weight is 436 g/mol. The van der Waals surface area contributed by atoms with Crippen molar-refractivity contribution in [3.63, 3.8) is 0 Å². The minimum Gasteiger partial charge on any atom is -0.477 e. The second-order valence-corrected chi connectivity index (χ2v) is 7.72. The third-order valence-electron chi connectivity index (χ3n) is 4.59. The summed E-state index contributed by atoms with van der Waals surface area (Å²) in [7, 11) is 0. The van der Waals surface area contributed by atoms with Crippen molar-refractivity contribution >= 4 is 44.9 Å². The number of nitrogens with two attached hydrogens (primary N) is 1. The van der Waals surface area contributed by atoms with Crippen LogP contribution in [-0.4, -0.2) is 22.1 Å². The Bertz CT molecular complexity index is 1290. The van der Waals surface area contributed by atoms with E-state index in [0.29, 0.717) is 16.8 Å². The summed E-state index contributed by atoms with van der Waals surface area (Å²) in [5, 5.41) is 14.4. The first-order valence-electron chi connectivity index (χ1n) is 9.23. The number of carbonyl (C=O) groups excluding carboxylic acids is 1. The molecule has 0 bridgehead atoms. The Kier molecular flexibility index (Phi) is 5.61. The number of anilines is 2. The fraction of sp³-hybridized carbons (Fsp3) is 0.0455. The van der Waals surface area contributed by atoms with Crippen LogP contribution in [0.4, 0.5) is 20.6 Å².